The SMILES string of the molecule is [Ba+2].[K+].[Na+].[O]=[Nb](=[O])[O-].[O]=[Nb](=[O])[O-].[O]=[Nb](=[O])[O-].[O]=[Nb](=[O])[O-]. The fraction of sp³-hybridized carbons (Fsp3) is 0. The van der Waals surface area contributed by atoms with Crippen LogP contribution in [0.3, 0.4) is 0 Å². The van der Waals surface area contributed by atoms with Crippen LogP contribution in [0.1, 0.15) is 0 Å². The monoisotopic (exact) mass is 763 g/mol. The summed E-state index contributed by atoms with van der Waals surface area (Å²) < 4.78 is 103. The van der Waals surface area contributed by atoms with Gasteiger partial charge in [-0.1, -0.05) is 0 Å². The first-order valence-corrected chi connectivity index (χ1v) is 13.0. The normalized spacial score (nSPS) is 5.26. The van der Waals surface area contributed by atoms with Crippen LogP contribution < -0.4 is 95.4 Å². The molecule has 0 bridgehead atoms. The first-order chi connectivity index (χ1) is 6.93. The van der Waals surface area contributed by atoms with Gasteiger partial charge in [0.25, 0.3) is 0 Å². The van der Waals surface area contributed by atoms with Gasteiger partial charge in [0.05, 0.1) is 0 Å². The molecule has 0 aromatic rings. The van der Waals surface area contributed by atoms with E-state index in [1.165, 1.54) is 0 Å². The van der Waals surface area contributed by atoms with Gasteiger partial charge in [-0.05, 0) is 0 Å². The van der Waals surface area contributed by atoms with Crippen LogP contribution in [0.2, 0.25) is 0 Å². The molecule has 0 atom stereocenters. The molecule has 0 heterocycles. The van der Waals surface area contributed by atoms with E-state index in [0.29, 0.717) is 0 Å². The van der Waals surface area contributed by atoms with E-state index >= 15 is 0 Å². The third-order valence-electron chi connectivity index (χ3n) is 0. The predicted octanol–water partition coefficient (Wildman–Crippen LogP) is -12.1. The van der Waals surface area contributed by atoms with Gasteiger partial charge in [-0.15, -0.1) is 0 Å². The van der Waals surface area contributed by atoms with Crippen LogP contribution in [0.25, 0.3) is 0 Å². The van der Waals surface area contributed by atoms with Gasteiger partial charge >= 0.3 is 245 Å². The topological polar surface area (TPSA) is 229 Å². The summed E-state index contributed by atoms with van der Waals surface area (Å²) in [4.78, 5) is 0. The summed E-state index contributed by atoms with van der Waals surface area (Å²) in [6.45, 7) is 0. The molecule has 0 N–H and O–H groups in total. The number of rotatable bonds is 0. The third-order valence-corrected chi connectivity index (χ3v) is 0. The van der Waals surface area contributed by atoms with Crippen LogP contribution in [0, 0.1) is 0 Å². The minimum absolute atomic E-state index is 0. The van der Waals surface area contributed by atoms with Gasteiger partial charge in [0, 0.05) is 0 Å². The van der Waals surface area contributed by atoms with Crippen molar-refractivity contribution in [2.75, 3.05) is 0 Å². The summed E-state index contributed by atoms with van der Waals surface area (Å²) >= 11 is -16.8. The summed E-state index contributed by atoms with van der Waals surface area (Å²) in [5, 5.41) is 0. The second-order valence-corrected chi connectivity index (χ2v) is 5.29. The van der Waals surface area contributed by atoms with Crippen molar-refractivity contribution in [2.45, 2.75) is 0 Å². The fourth-order valence-electron chi connectivity index (χ4n) is 0. The molecule has 0 aliphatic rings. The van der Waals surface area contributed by atoms with Gasteiger partial charge in [0.1, 0.15) is 0 Å². The molecule has 0 amide bonds. The minimum atomic E-state index is -4.20. The van der Waals surface area contributed by atoms with Crippen LogP contribution in [-0.2, 0) is 101 Å². The first kappa shape index (κ1) is 44.1. The molecule has 0 aromatic heterocycles. The van der Waals surface area contributed by atoms with Crippen molar-refractivity contribution in [3.63, 3.8) is 0 Å². The standard InChI is InChI=1S/Ba.K.Na.4Nb.12O/q+2;2*+1;;;;;;;;;;;;;4*-1. The molecule has 12 nitrogen and oxygen atoms in total. The zero-order valence-corrected chi connectivity index (χ0v) is 27.8. The van der Waals surface area contributed by atoms with E-state index in [1.54, 1.807) is 0 Å². The molecule has 0 aromatic carbocycles. The Hall–Kier alpha value is 5.41. The molecule has 0 rings (SSSR count). The summed E-state index contributed by atoms with van der Waals surface area (Å²) in [6, 6.07) is 0. The number of hydrogen-bond acceptors (Lipinski definition) is 12. The molecule has 0 fully saturated rings. The van der Waals surface area contributed by atoms with Crippen LogP contribution in [0.15, 0.2) is 0 Å². The second kappa shape index (κ2) is 38.8. The summed E-state index contributed by atoms with van der Waals surface area (Å²) in [5.74, 6) is 0. The Kier molecular flexibility index (Phi) is 90.1. The molecule has 96 valence electrons. The van der Waals surface area contributed by atoms with Gasteiger partial charge in [-0.25, -0.2) is 0 Å². The van der Waals surface area contributed by atoms with Crippen molar-refractivity contribution < 1.29 is 197 Å². The molecule has 0 saturated heterocycles. The van der Waals surface area contributed by atoms with Crippen LogP contribution in [-0.4, -0.2) is 48.9 Å². The van der Waals surface area contributed by atoms with E-state index in [0.717, 1.165) is 0 Å². The van der Waals surface area contributed by atoms with Crippen LogP contribution in [0.4, 0.5) is 0 Å². The zero-order valence-electron chi connectivity index (χ0n) is 9.39. The summed E-state index contributed by atoms with van der Waals surface area (Å²) in [6.07, 6.45) is 0. The maximum absolute atomic E-state index is 8.60. The quantitative estimate of drug-likeness (QED) is 0.210. The van der Waals surface area contributed by atoms with E-state index in [9.17, 15) is 0 Å². The maximum atomic E-state index is 8.60. The van der Waals surface area contributed by atoms with Crippen molar-refractivity contribution in [3.8, 4) is 0 Å². The van der Waals surface area contributed by atoms with Gasteiger partial charge in [0.15, 0.2) is 0 Å². The van der Waals surface area contributed by atoms with Crippen LogP contribution in [0.5, 0.6) is 0 Å². The molecule has 19 heteroatoms. The third kappa shape index (κ3) is 367. The van der Waals surface area contributed by atoms with Gasteiger partial charge in [0.2, 0.25) is 0 Å². The Labute approximate surface area is 238 Å². The van der Waals surface area contributed by atoms with Crippen molar-refractivity contribution in [1.29, 1.82) is 0 Å². The Morgan fingerprint density at radius 2 is 0.474 bits per heavy atom. The average molecular weight is 763 g/mol. The summed E-state index contributed by atoms with van der Waals surface area (Å²) in [7, 11) is 0. The van der Waals surface area contributed by atoms with Crippen molar-refractivity contribution in [2.24, 2.45) is 0 Å². The zero-order chi connectivity index (χ0) is 14.3. The second-order valence-electron chi connectivity index (χ2n) is 0.894. The molecule has 0 aliphatic carbocycles. The van der Waals surface area contributed by atoms with Crippen molar-refractivity contribution >= 4 is 48.9 Å². The van der Waals surface area contributed by atoms with Crippen LogP contribution >= 0.6 is 0 Å². The van der Waals surface area contributed by atoms with Crippen molar-refractivity contribution in [3.05, 3.63) is 0 Å². The molecule has 0 radical (unpaired) electrons. The van der Waals surface area contributed by atoms with E-state index in [2.05, 4.69) is 0 Å². The van der Waals surface area contributed by atoms with E-state index in [4.69, 9.17) is 40.5 Å². The Balaban J connectivity index is -0.0000000192. The molecule has 19 heavy (non-hydrogen) atoms. The first-order valence-electron chi connectivity index (χ1n) is 2.19. The Bertz CT molecular complexity index is 303. The van der Waals surface area contributed by atoms with Gasteiger partial charge in [-0.2, -0.15) is 0 Å². The number of hydrogen-bond donors (Lipinski definition) is 0. The van der Waals surface area contributed by atoms with E-state index in [1.807, 2.05) is 0 Å². The molecule has 0 aliphatic heterocycles. The van der Waals surface area contributed by atoms with Gasteiger partial charge < -0.3 is 0 Å². The molecule has 0 spiro atoms. The molecular weight excluding hydrogens is 763 g/mol. The summed E-state index contributed by atoms with van der Waals surface area (Å²) in [5.41, 5.74) is 0. The Morgan fingerprint density at radius 3 is 0.474 bits per heavy atom. The average Bonchev–Trinajstić information content (AvgIpc) is 1.76. The molecular formula is BaKNaNb4O12. The van der Waals surface area contributed by atoms with E-state index < -0.39 is 75.1 Å². The predicted molar refractivity (Wildman–Crippen MR) is 11.2 cm³/mol. The fourth-order valence-corrected chi connectivity index (χ4v) is 0. The Morgan fingerprint density at radius 1 is 0.474 bits per heavy atom. The molecule has 0 saturated carbocycles. The molecule has 0 unspecified atom stereocenters. The van der Waals surface area contributed by atoms with Gasteiger partial charge in [-0.3, -0.25) is 0 Å². The van der Waals surface area contributed by atoms with E-state index in [-0.39, 0.29) is 130 Å². The van der Waals surface area contributed by atoms with Crippen molar-refractivity contribution in [1.82, 2.24) is 0 Å².